The van der Waals surface area contributed by atoms with Crippen LogP contribution in [0, 0.1) is 5.92 Å². The van der Waals surface area contributed by atoms with E-state index in [4.69, 9.17) is 0 Å². The Balaban J connectivity index is 2.06. The van der Waals surface area contributed by atoms with Crippen molar-refractivity contribution in [1.82, 2.24) is 10.3 Å². The molecule has 1 aliphatic rings. The molecule has 0 bridgehead atoms. The van der Waals surface area contributed by atoms with Crippen LogP contribution < -0.4 is 10.6 Å². The van der Waals surface area contributed by atoms with Gasteiger partial charge in [-0.25, -0.2) is 4.98 Å². The molecule has 1 aromatic heterocycles. The standard InChI is InChI=1S/C17H27N3O/c1-4-18-16-10-14(9-15(20-16)12(2)3)17(21)19-11-13-7-5-6-8-13/h9-10,12-13H,4-8,11H2,1-3H3,(H,18,20)(H,19,21). The molecule has 4 heteroatoms. The van der Waals surface area contributed by atoms with Gasteiger partial charge in [0, 0.05) is 24.3 Å². The van der Waals surface area contributed by atoms with Gasteiger partial charge in [-0.1, -0.05) is 26.7 Å². The SMILES string of the molecule is CCNc1cc(C(=O)NCC2CCCC2)cc(C(C)C)n1. The molecule has 1 aliphatic carbocycles. The lowest BCUT2D eigenvalue weighted by Crippen LogP contribution is -2.28. The molecular formula is C17H27N3O. The predicted molar refractivity (Wildman–Crippen MR) is 86.8 cm³/mol. The van der Waals surface area contributed by atoms with Crippen molar-refractivity contribution < 1.29 is 4.79 Å². The van der Waals surface area contributed by atoms with Crippen molar-refractivity contribution in [3.63, 3.8) is 0 Å². The first-order valence-electron chi connectivity index (χ1n) is 8.14. The summed E-state index contributed by atoms with van der Waals surface area (Å²) in [4.78, 5) is 16.9. The van der Waals surface area contributed by atoms with Gasteiger partial charge in [-0.05, 0) is 43.7 Å². The minimum Gasteiger partial charge on any atom is -0.370 e. The molecule has 0 unspecified atom stereocenters. The molecule has 0 spiro atoms. The van der Waals surface area contributed by atoms with Crippen LogP contribution >= 0.6 is 0 Å². The van der Waals surface area contributed by atoms with Gasteiger partial charge in [0.25, 0.3) is 5.91 Å². The molecule has 1 aromatic rings. The fourth-order valence-electron chi connectivity index (χ4n) is 2.80. The van der Waals surface area contributed by atoms with E-state index < -0.39 is 0 Å². The third-order valence-corrected chi connectivity index (χ3v) is 4.08. The number of rotatable bonds is 6. The monoisotopic (exact) mass is 289 g/mol. The number of nitrogens with zero attached hydrogens (tertiary/aromatic N) is 1. The maximum Gasteiger partial charge on any atom is 0.251 e. The van der Waals surface area contributed by atoms with Crippen LogP contribution in [-0.2, 0) is 0 Å². The van der Waals surface area contributed by atoms with Crippen LogP contribution in [0.3, 0.4) is 0 Å². The van der Waals surface area contributed by atoms with Gasteiger partial charge in [0.15, 0.2) is 0 Å². The molecule has 0 radical (unpaired) electrons. The fourth-order valence-corrected chi connectivity index (χ4v) is 2.80. The zero-order valence-electron chi connectivity index (χ0n) is 13.4. The van der Waals surface area contributed by atoms with E-state index in [-0.39, 0.29) is 5.91 Å². The highest BCUT2D eigenvalue weighted by atomic mass is 16.1. The fraction of sp³-hybridized carbons (Fsp3) is 0.647. The topological polar surface area (TPSA) is 54.0 Å². The molecule has 21 heavy (non-hydrogen) atoms. The van der Waals surface area contributed by atoms with Crippen LogP contribution in [0.4, 0.5) is 5.82 Å². The summed E-state index contributed by atoms with van der Waals surface area (Å²) in [5.74, 6) is 1.78. The smallest absolute Gasteiger partial charge is 0.251 e. The van der Waals surface area contributed by atoms with Crippen LogP contribution in [-0.4, -0.2) is 24.0 Å². The summed E-state index contributed by atoms with van der Waals surface area (Å²) in [6.07, 6.45) is 5.10. The maximum absolute atomic E-state index is 12.4. The molecule has 0 aliphatic heterocycles. The van der Waals surface area contributed by atoms with Gasteiger partial charge in [0.05, 0.1) is 0 Å². The second-order valence-corrected chi connectivity index (χ2v) is 6.21. The lowest BCUT2D eigenvalue weighted by Gasteiger charge is -2.14. The third kappa shape index (κ3) is 4.45. The van der Waals surface area contributed by atoms with Crippen molar-refractivity contribution in [2.75, 3.05) is 18.4 Å². The lowest BCUT2D eigenvalue weighted by atomic mass is 10.1. The summed E-state index contributed by atoms with van der Waals surface area (Å²) in [7, 11) is 0. The first-order valence-corrected chi connectivity index (χ1v) is 8.14. The van der Waals surface area contributed by atoms with E-state index >= 15 is 0 Å². The minimum atomic E-state index is 0.0188. The van der Waals surface area contributed by atoms with Gasteiger partial charge in [-0.15, -0.1) is 0 Å². The van der Waals surface area contributed by atoms with Crippen LogP contribution in [0.2, 0.25) is 0 Å². The first-order chi connectivity index (χ1) is 10.1. The summed E-state index contributed by atoms with van der Waals surface area (Å²) < 4.78 is 0. The molecule has 4 nitrogen and oxygen atoms in total. The van der Waals surface area contributed by atoms with Crippen molar-refractivity contribution in [3.8, 4) is 0 Å². The summed E-state index contributed by atoms with van der Waals surface area (Å²) in [5.41, 5.74) is 1.67. The molecule has 2 N–H and O–H groups in total. The molecule has 1 saturated carbocycles. The second-order valence-electron chi connectivity index (χ2n) is 6.21. The van der Waals surface area contributed by atoms with Crippen molar-refractivity contribution in [2.24, 2.45) is 5.92 Å². The van der Waals surface area contributed by atoms with Crippen molar-refractivity contribution in [2.45, 2.75) is 52.4 Å². The summed E-state index contributed by atoms with van der Waals surface area (Å²) >= 11 is 0. The highest BCUT2D eigenvalue weighted by molar-refractivity contribution is 5.95. The first kappa shape index (κ1) is 15.8. The molecule has 2 rings (SSSR count). The van der Waals surface area contributed by atoms with E-state index in [0.29, 0.717) is 17.4 Å². The Hall–Kier alpha value is -1.58. The summed E-state index contributed by atoms with van der Waals surface area (Å²) in [6, 6.07) is 3.76. The Kier molecular flexibility index (Phi) is 5.59. The quantitative estimate of drug-likeness (QED) is 0.842. The molecule has 0 atom stereocenters. The Bertz CT molecular complexity index is 479. The zero-order valence-corrected chi connectivity index (χ0v) is 13.4. The molecule has 0 saturated heterocycles. The highest BCUT2D eigenvalue weighted by Gasteiger charge is 2.17. The summed E-state index contributed by atoms with van der Waals surface area (Å²) in [6.45, 7) is 7.83. The van der Waals surface area contributed by atoms with Crippen molar-refractivity contribution >= 4 is 11.7 Å². The van der Waals surface area contributed by atoms with E-state index in [1.807, 2.05) is 19.1 Å². The number of hydrogen-bond donors (Lipinski definition) is 2. The van der Waals surface area contributed by atoms with Crippen molar-refractivity contribution in [1.29, 1.82) is 0 Å². The zero-order chi connectivity index (χ0) is 15.2. The van der Waals surface area contributed by atoms with E-state index in [0.717, 1.165) is 24.6 Å². The Labute approximate surface area is 127 Å². The number of amides is 1. The van der Waals surface area contributed by atoms with Gasteiger partial charge in [-0.3, -0.25) is 4.79 Å². The number of pyridine rings is 1. The number of aromatic nitrogens is 1. The van der Waals surface area contributed by atoms with E-state index in [1.54, 1.807) is 0 Å². The van der Waals surface area contributed by atoms with Gasteiger partial charge in [0.1, 0.15) is 5.82 Å². The normalized spacial score (nSPS) is 15.4. The van der Waals surface area contributed by atoms with E-state index in [9.17, 15) is 4.79 Å². The number of anilines is 1. The van der Waals surface area contributed by atoms with Crippen LogP contribution in [0.1, 0.15) is 68.4 Å². The van der Waals surface area contributed by atoms with E-state index in [2.05, 4.69) is 29.5 Å². The minimum absolute atomic E-state index is 0.0188. The second kappa shape index (κ2) is 7.43. The maximum atomic E-state index is 12.4. The summed E-state index contributed by atoms with van der Waals surface area (Å²) in [5, 5.41) is 6.29. The number of hydrogen-bond acceptors (Lipinski definition) is 3. The average Bonchev–Trinajstić information content (AvgIpc) is 2.98. The molecule has 0 aromatic carbocycles. The van der Waals surface area contributed by atoms with Gasteiger partial charge >= 0.3 is 0 Å². The third-order valence-electron chi connectivity index (χ3n) is 4.08. The van der Waals surface area contributed by atoms with Gasteiger partial charge < -0.3 is 10.6 Å². The van der Waals surface area contributed by atoms with Crippen LogP contribution in [0.15, 0.2) is 12.1 Å². The van der Waals surface area contributed by atoms with Crippen LogP contribution in [0.25, 0.3) is 0 Å². The number of nitrogens with one attached hydrogen (secondary N) is 2. The number of carbonyl (C=O) groups excluding carboxylic acids is 1. The molecule has 1 fully saturated rings. The van der Waals surface area contributed by atoms with Gasteiger partial charge in [0.2, 0.25) is 0 Å². The van der Waals surface area contributed by atoms with E-state index in [1.165, 1.54) is 25.7 Å². The van der Waals surface area contributed by atoms with Crippen LogP contribution in [0.5, 0.6) is 0 Å². The van der Waals surface area contributed by atoms with Crippen molar-refractivity contribution in [3.05, 3.63) is 23.4 Å². The Morgan fingerprint density at radius 3 is 2.67 bits per heavy atom. The van der Waals surface area contributed by atoms with Gasteiger partial charge in [-0.2, -0.15) is 0 Å². The Morgan fingerprint density at radius 1 is 1.33 bits per heavy atom. The predicted octanol–water partition coefficient (Wildman–Crippen LogP) is 3.56. The molecular weight excluding hydrogens is 262 g/mol. The molecule has 1 heterocycles. The highest BCUT2D eigenvalue weighted by Crippen LogP contribution is 2.24. The Morgan fingerprint density at radius 2 is 2.05 bits per heavy atom. The number of carbonyl (C=O) groups is 1. The molecule has 116 valence electrons. The average molecular weight is 289 g/mol. The molecule has 1 amide bonds. The largest absolute Gasteiger partial charge is 0.370 e. The lowest BCUT2D eigenvalue weighted by molar-refractivity contribution is 0.0947.